The van der Waals surface area contributed by atoms with Crippen LogP contribution in [0.15, 0.2) is 18.2 Å². The molecule has 0 amide bonds. The van der Waals surface area contributed by atoms with Gasteiger partial charge in [-0.1, -0.05) is 37.6 Å². The molecule has 2 nitrogen and oxygen atoms in total. The molecule has 0 saturated heterocycles. The fourth-order valence-corrected chi connectivity index (χ4v) is 1.97. The molecular weight excluding hydrogens is 212 g/mol. The first-order valence-electron chi connectivity index (χ1n) is 6.24. The number of hydrogen-bond acceptors (Lipinski definition) is 2. The van der Waals surface area contributed by atoms with E-state index >= 15 is 0 Å². The van der Waals surface area contributed by atoms with Crippen molar-refractivity contribution in [1.29, 1.82) is 0 Å². The predicted octanol–water partition coefficient (Wildman–Crippen LogP) is 2.97. The van der Waals surface area contributed by atoms with Gasteiger partial charge in [-0.05, 0) is 37.8 Å². The Hall–Kier alpha value is -1.15. The third-order valence-corrected chi connectivity index (χ3v) is 3.54. The minimum atomic E-state index is -1.16. The van der Waals surface area contributed by atoms with E-state index in [0.717, 1.165) is 16.7 Å². The van der Waals surface area contributed by atoms with Gasteiger partial charge in [0, 0.05) is 6.42 Å². The van der Waals surface area contributed by atoms with Gasteiger partial charge >= 0.3 is 0 Å². The number of benzene rings is 1. The van der Waals surface area contributed by atoms with Crippen LogP contribution < -0.4 is 0 Å². The van der Waals surface area contributed by atoms with E-state index in [-0.39, 0.29) is 5.78 Å². The Morgan fingerprint density at radius 1 is 1.24 bits per heavy atom. The van der Waals surface area contributed by atoms with Crippen LogP contribution in [0.1, 0.15) is 43.4 Å². The summed E-state index contributed by atoms with van der Waals surface area (Å²) in [5.74, 6) is -0.0730. The summed E-state index contributed by atoms with van der Waals surface area (Å²) in [6, 6.07) is 6.09. The van der Waals surface area contributed by atoms with E-state index in [4.69, 9.17) is 0 Å². The summed E-state index contributed by atoms with van der Waals surface area (Å²) in [4.78, 5) is 12.1. The van der Waals surface area contributed by atoms with Crippen molar-refractivity contribution in [3.63, 3.8) is 0 Å². The van der Waals surface area contributed by atoms with Gasteiger partial charge in [-0.25, -0.2) is 0 Å². The van der Waals surface area contributed by atoms with Gasteiger partial charge in [-0.2, -0.15) is 0 Å². The second kappa shape index (κ2) is 5.46. The van der Waals surface area contributed by atoms with Crippen LogP contribution >= 0.6 is 0 Å². The molecule has 1 aromatic rings. The average molecular weight is 234 g/mol. The fraction of sp³-hybridized carbons (Fsp3) is 0.533. The first kappa shape index (κ1) is 13.9. The number of carbonyl (C=O) groups is 1. The third-order valence-electron chi connectivity index (χ3n) is 3.54. The second-order valence-electron chi connectivity index (χ2n) is 4.77. The monoisotopic (exact) mass is 234 g/mol. The topological polar surface area (TPSA) is 37.3 Å². The molecule has 94 valence electrons. The largest absolute Gasteiger partial charge is 0.382 e. The molecule has 0 spiro atoms. The van der Waals surface area contributed by atoms with Crippen molar-refractivity contribution in [2.75, 3.05) is 0 Å². The smallest absolute Gasteiger partial charge is 0.168 e. The van der Waals surface area contributed by atoms with Crippen molar-refractivity contribution in [3.8, 4) is 0 Å². The Balaban J connectivity index is 2.91. The van der Waals surface area contributed by atoms with Crippen molar-refractivity contribution in [1.82, 2.24) is 0 Å². The minimum Gasteiger partial charge on any atom is -0.382 e. The van der Waals surface area contributed by atoms with Gasteiger partial charge in [-0.3, -0.25) is 4.79 Å². The average Bonchev–Trinajstić information content (AvgIpc) is 2.32. The van der Waals surface area contributed by atoms with Crippen LogP contribution in [0.25, 0.3) is 0 Å². The highest BCUT2D eigenvalue weighted by Crippen LogP contribution is 2.20. The van der Waals surface area contributed by atoms with E-state index in [2.05, 4.69) is 0 Å². The maximum absolute atomic E-state index is 12.1. The van der Waals surface area contributed by atoms with Gasteiger partial charge in [0.2, 0.25) is 0 Å². The van der Waals surface area contributed by atoms with Gasteiger partial charge in [0.1, 0.15) is 5.60 Å². The van der Waals surface area contributed by atoms with E-state index in [1.54, 1.807) is 0 Å². The summed E-state index contributed by atoms with van der Waals surface area (Å²) in [5.41, 5.74) is 2.12. The maximum atomic E-state index is 12.1. The number of Topliss-reactive ketones (excluding diaryl/α,β-unsaturated/α-hetero) is 1. The maximum Gasteiger partial charge on any atom is 0.168 e. The molecular formula is C15H22O2. The predicted molar refractivity (Wildman–Crippen MR) is 70.2 cm³/mol. The molecule has 1 rings (SSSR count). The van der Waals surface area contributed by atoms with Crippen LogP contribution in [-0.2, 0) is 11.2 Å². The number of ketones is 1. The molecule has 1 N–H and O–H groups in total. The Morgan fingerprint density at radius 2 is 1.82 bits per heavy atom. The Bertz CT molecular complexity index is 403. The van der Waals surface area contributed by atoms with Crippen LogP contribution in [0.3, 0.4) is 0 Å². The molecule has 0 fully saturated rings. The quantitative estimate of drug-likeness (QED) is 0.850. The van der Waals surface area contributed by atoms with Gasteiger partial charge in [0.25, 0.3) is 0 Å². The second-order valence-corrected chi connectivity index (χ2v) is 4.77. The Kier molecular flexibility index (Phi) is 4.47. The lowest BCUT2D eigenvalue weighted by molar-refractivity contribution is -0.137. The first-order valence-corrected chi connectivity index (χ1v) is 6.24. The summed E-state index contributed by atoms with van der Waals surface area (Å²) in [5, 5.41) is 10.2. The summed E-state index contributed by atoms with van der Waals surface area (Å²) in [6.07, 6.45) is 1.28. The van der Waals surface area contributed by atoms with E-state index in [0.29, 0.717) is 19.3 Å². The van der Waals surface area contributed by atoms with E-state index in [1.807, 2.05) is 45.9 Å². The summed E-state index contributed by atoms with van der Waals surface area (Å²) >= 11 is 0. The lowest BCUT2D eigenvalue weighted by Crippen LogP contribution is -2.38. The first-order chi connectivity index (χ1) is 7.92. The zero-order chi connectivity index (χ0) is 13.1. The molecule has 17 heavy (non-hydrogen) atoms. The fourth-order valence-electron chi connectivity index (χ4n) is 1.97. The molecule has 0 atom stereocenters. The highest BCUT2D eigenvalue weighted by molar-refractivity contribution is 5.89. The molecule has 0 aliphatic rings. The zero-order valence-corrected chi connectivity index (χ0v) is 11.2. The molecule has 2 heteroatoms. The normalized spacial score (nSPS) is 11.6. The van der Waals surface area contributed by atoms with E-state index < -0.39 is 5.60 Å². The number of aryl methyl sites for hydroxylation is 2. The molecule has 0 saturated carbocycles. The van der Waals surface area contributed by atoms with Crippen LogP contribution in [-0.4, -0.2) is 16.5 Å². The number of carbonyl (C=O) groups excluding carboxylic acids is 1. The van der Waals surface area contributed by atoms with Gasteiger partial charge < -0.3 is 5.11 Å². The van der Waals surface area contributed by atoms with Crippen molar-refractivity contribution in [2.24, 2.45) is 0 Å². The molecule has 1 aromatic carbocycles. The molecule has 0 unspecified atom stereocenters. The van der Waals surface area contributed by atoms with Crippen LogP contribution in [0.2, 0.25) is 0 Å². The van der Waals surface area contributed by atoms with Gasteiger partial charge in [0.15, 0.2) is 5.78 Å². The van der Waals surface area contributed by atoms with Crippen LogP contribution in [0, 0.1) is 13.8 Å². The lowest BCUT2D eigenvalue weighted by atomic mass is 9.87. The summed E-state index contributed by atoms with van der Waals surface area (Å²) < 4.78 is 0. The highest BCUT2D eigenvalue weighted by Gasteiger charge is 2.31. The standard InChI is InChI=1S/C15H22O2/c1-5-15(17,6-2)14(16)10-13-9-11(3)7-8-12(13)4/h7-9,17H,5-6,10H2,1-4H3. The Morgan fingerprint density at radius 3 is 2.35 bits per heavy atom. The van der Waals surface area contributed by atoms with Crippen molar-refractivity contribution in [3.05, 3.63) is 34.9 Å². The van der Waals surface area contributed by atoms with Crippen molar-refractivity contribution >= 4 is 5.78 Å². The van der Waals surface area contributed by atoms with Crippen molar-refractivity contribution in [2.45, 2.75) is 52.6 Å². The van der Waals surface area contributed by atoms with Gasteiger partial charge in [0.05, 0.1) is 0 Å². The van der Waals surface area contributed by atoms with Gasteiger partial charge in [-0.15, -0.1) is 0 Å². The molecule has 0 heterocycles. The SMILES string of the molecule is CCC(O)(CC)C(=O)Cc1cc(C)ccc1C. The number of aliphatic hydroxyl groups is 1. The minimum absolute atomic E-state index is 0.0730. The molecule has 0 aliphatic carbocycles. The molecule has 0 aromatic heterocycles. The molecule has 0 bridgehead atoms. The zero-order valence-electron chi connectivity index (χ0n) is 11.2. The van der Waals surface area contributed by atoms with Crippen molar-refractivity contribution < 1.29 is 9.90 Å². The third kappa shape index (κ3) is 3.16. The van der Waals surface area contributed by atoms with Crippen LogP contribution in [0.4, 0.5) is 0 Å². The number of hydrogen-bond donors (Lipinski definition) is 1. The van der Waals surface area contributed by atoms with Crippen LogP contribution in [0.5, 0.6) is 0 Å². The van der Waals surface area contributed by atoms with E-state index in [1.165, 1.54) is 0 Å². The number of rotatable bonds is 5. The molecule has 0 aliphatic heterocycles. The lowest BCUT2D eigenvalue weighted by Gasteiger charge is -2.23. The summed E-state index contributed by atoms with van der Waals surface area (Å²) in [6.45, 7) is 7.72. The Labute approximate surface area is 104 Å². The molecule has 0 radical (unpaired) electrons. The highest BCUT2D eigenvalue weighted by atomic mass is 16.3. The summed E-state index contributed by atoms with van der Waals surface area (Å²) in [7, 11) is 0. The van der Waals surface area contributed by atoms with E-state index in [9.17, 15) is 9.90 Å².